The van der Waals surface area contributed by atoms with E-state index in [0.29, 0.717) is 12.6 Å². The molecule has 1 aliphatic rings. The lowest BCUT2D eigenvalue weighted by atomic mass is 10.1. The van der Waals surface area contributed by atoms with Crippen LogP contribution in [0.5, 0.6) is 0 Å². The summed E-state index contributed by atoms with van der Waals surface area (Å²) in [7, 11) is 0. The first kappa shape index (κ1) is 13.7. The molecule has 0 atom stereocenters. The SMILES string of the molecule is NC(=O)N(Cc1cccc(Br)c1)C1CCSCC1. The van der Waals surface area contributed by atoms with Gasteiger partial charge in [0, 0.05) is 17.1 Å². The number of rotatable bonds is 3. The fourth-order valence-electron chi connectivity index (χ4n) is 2.22. The summed E-state index contributed by atoms with van der Waals surface area (Å²) in [5.74, 6) is 2.24. The predicted molar refractivity (Wildman–Crippen MR) is 79.6 cm³/mol. The normalized spacial score (nSPS) is 16.5. The highest BCUT2D eigenvalue weighted by atomic mass is 79.9. The maximum atomic E-state index is 11.6. The summed E-state index contributed by atoms with van der Waals surface area (Å²) in [5.41, 5.74) is 6.63. The number of amides is 2. The molecule has 1 saturated heterocycles. The summed E-state index contributed by atoms with van der Waals surface area (Å²) in [6, 6.07) is 8.01. The van der Waals surface area contributed by atoms with Gasteiger partial charge >= 0.3 is 6.03 Å². The minimum Gasteiger partial charge on any atom is -0.351 e. The summed E-state index contributed by atoms with van der Waals surface area (Å²) >= 11 is 5.40. The van der Waals surface area contributed by atoms with Crippen molar-refractivity contribution in [3.63, 3.8) is 0 Å². The Hall–Kier alpha value is -0.680. The van der Waals surface area contributed by atoms with Crippen molar-refractivity contribution < 1.29 is 4.79 Å². The molecule has 0 aliphatic carbocycles. The molecular weight excluding hydrogens is 312 g/mol. The largest absolute Gasteiger partial charge is 0.351 e. The molecule has 2 amide bonds. The van der Waals surface area contributed by atoms with Gasteiger partial charge in [-0.15, -0.1) is 0 Å². The number of nitrogens with two attached hydrogens (primary N) is 1. The third-order valence-corrected chi connectivity index (χ3v) is 4.70. The van der Waals surface area contributed by atoms with Crippen LogP contribution in [0, 0.1) is 0 Å². The van der Waals surface area contributed by atoms with Crippen LogP contribution in [0.15, 0.2) is 28.7 Å². The number of nitrogens with zero attached hydrogens (tertiary/aromatic N) is 1. The Kier molecular flexibility index (Phi) is 4.95. The number of carbonyl (C=O) groups is 1. The molecular formula is C13H17BrN2OS. The Morgan fingerprint density at radius 2 is 2.17 bits per heavy atom. The van der Waals surface area contributed by atoms with E-state index >= 15 is 0 Å². The molecule has 0 radical (unpaired) electrons. The molecule has 0 bridgehead atoms. The molecule has 1 heterocycles. The number of urea groups is 1. The third kappa shape index (κ3) is 3.65. The fraction of sp³-hybridized carbons (Fsp3) is 0.462. The topological polar surface area (TPSA) is 46.3 Å². The molecule has 0 unspecified atom stereocenters. The monoisotopic (exact) mass is 328 g/mol. The molecule has 98 valence electrons. The van der Waals surface area contributed by atoms with Gasteiger partial charge in [-0.05, 0) is 42.0 Å². The zero-order valence-corrected chi connectivity index (χ0v) is 12.5. The Morgan fingerprint density at radius 3 is 2.78 bits per heavy atom. The highest BCUT2D eigenvalue weighted by molar-refractivity contribution is 9.10. The smallest absolute Gasteiger partial charge is 0.315 e. The van der Waals surface area contributed by atoms with Crippen molar-refractivity contribution in [1.29, 1.82) is 0 Å². The number of hydrogen-bond acceptors (Lipinski definition) is 2. The number of halogens is 1. The van der Waals surface area contributed by atoms with E-state index in [-0.39, 0.29) is 6.03 Å². The zero-order chi connectivity index (χ0) is 13.0. The molecule has 2 rings (SSSR count). The van der Waals surface area contributed by atoms with E-state index < -0.39 is 0 Å². The van der Waals surface area contributed by atoms with Crippen LogP contribution in [0.4, 0.5) is 4.79 Å². The van der Waals surface area contributed by atoms with E-state index in [0.717, 1.165) is 34.4 Å². The minimum absolute atomic E-state index is 0.294. The van der Waals surface area contributed by atoms with E-state index in [9.17, 15) is 4.79 Å². The number of thioether (sulfide) groups is 1. The van der Waals surface area contributed by atoms with Crippen molar-refractivity contribution in [2.24, 2.45) is 5.73 Å². The second kappa shape index (κ2) is 6.48. The van der Waals surface area contributed by atoms with Crippen LogP contribution in [0.2, 0.25) is 0 Å². The summed E-state index contributed by atoms with van der Waals surface area (Å²) in [6.07, 6.45) is 2.09. The van der Waals surface area contributed by atoms with Crippen molar-refractivity contribution in [3.05, 3.63) is 34.3 Å². The second-order valence-corrected chi connectivity index (χ2v) is 6.58. The van der Waals surface area contributed by atoms with Gasteiger partial charge in [-0.3, -0.25) is 0 Å². The Labute approximate surface area is 120 Å². The van der Waals surface area contributed by atoms with Gasteiger partial charge in [0.05, 0.1) is 0 Å². The van der Waals surface area contributed by atoms with Crippen LogP contribution in [0.25, 0.3) is 0 Å². The molecule has 1 fully saturated rings. The van der Waals surface area contributed by atoms with Gasteiger partial charge in [0.15, 0.2) is 0 Å². The molecule has 3 nitrogen and oxygen atoms in total. The summed E-state index contributed by atoms with van der Waals surface area (Å²) < 4.78 is 1.03. The highest BCUT2D eigenvalue weighted by Gasteiger charge is 2.24. The quantitative estimate of drug-likeness (QED) is 0.925. The van der Waals surface area contributed by atoms with Crippen LogP contribution in [0.3, 0.4) is 0 Å². The van der Waals surface area contributed by atoms with E-state index in [2.05, 4.69) is 15.9 Å². The molecule has 5 heteroatoms. The predicted octanol–water partition coefficient (Wildman–Crippen LogP) is 3.23. The van der Waals surface area contributed by atoms with Crippen LogP contribution in [0.1, 0.15) is 18.4 Å². The standard InChI is InChI=1S/C13H17BrN2OS/c14-11-3-1-2-10(8-11)9-16(13(15)17)12-4-6-18-7-5-12/h1-3,8,12H,4-7,9H2,(H2,15,17). The molecule has 0 spiro atoms. The van der Waals surface area contributed by atoms with Gasteiger partial charge in [-0.2, -0.15) is 11.8 Å². The van der Waals surface area contributed by atoms with E-state index in [1.807, 2.05) is 40.9 Å². The molecule has 2 N–H and O–H groups in total. The number of benzene rings is 1. The lowest BCUT2D eigenvalue weighted by Crippen LogP contribution is -2.44. The summed E-state index contributed by atoms with van der Waals surface area (Å²) in [6.45, 7) is 0.601. The van der Waals surface area contributed by atoms with Gasteiger partial charge in [-0.1, -0.05) is 28.1 Å². The molecule has 0 aromatic heterocycles. The molecule has 1 aromatic carbocycles. The number of hydrogen-bond donors (Lipinski definition) is 1. The Balaban J connectivity index is 2.08. The molecule has 1 aromatic rings. The van der Waals surface area contributed by atoms with Crippen LogP contribution < -0.4 is 5.73 Å². The Bertz CT molecular complexity index is 421. The van der Waals surface area contributed by atoms with Gasteiger partial charge in [-0.25, -0.2) is 4.79 Å². The average molecular weight is 329 g/mol. The molecule has 1 aliphatic heterocycles. The zero-order valence-electron chi connectivity index (χ0n) is 10.1. The first-order valence-corrected chi connectivity index (χ1v) is 8.00. The second-order valence-electron chi connectivity index (χ2n) is 4.44. The highest BCUT2D eigenvalue weighted by Crippen LogP contribution is 2.23. The lowest BCUT2D eigenvalue weighted by Gasteiger charge is -2.33. The summed E-state index contributed by atoms with van der Waals surface area (Å²) in [5, 5.41) is 0. The van der Waals surface area contributed by atoms with Crippen molar-refractivity contribution in [3.8, 4) is 0 Å². The molecule has 0 saturated carbocycles. The Morgan fingerprint density at radius 1 is 1.44 bits per heavy atom. The lowest BCUT2D eigenvalue weighted by molar-refractivity contribution is 0.174. The van der Waals surface area contributed by atoms with Crippen molar-refractivity contribution >= 4 is 33.7 Å². The van der Waals surface area contributed by atoms with Gasteiger partial charge in [0.2, 0.25) is 0 Å². The van der Waals surface area contributed by atoms with Crippen molar-refractivity contribution in [2.45, 2.75) is 25.4 Å². The maximum absolute atomic E-state index is 11.6. The molecule has 18 heavy (non-hydrogen) atoms. The number of primary amides is 1. The van der Waals surface area contributed by atoms with Gasteiger partial charge < -0.3 is 10.6 Å². The average Bonchev–Trinajstić information content (AvgIpc) is 2.37. The maximum Gasteiger partial charge on any atom is 0.315 e. The van der Waals surface area contributed by atoms with E-state index in [1.54, 1.807) is 0 Å². The minimum atomic E-state index is -0.313. The first-order valence-electron chi connectivity index (χ1n) is 6.05. The fourth-order valence-corrected chi connectivity index (χ4v) is 3.74. The first-order chi connectivity index (χ1) is 8.66. The van der Waals surface area contributed by atoms with Gasteiger partial charge in [0.25, 0.3) is 0 Å². The van der Waals surface area contributed by atoms with Crippen molar-refractivity contribution in [2.75, 3.05) is 11.5 Å². The van der Waals surface area contributed by atoms with E-state index in [1.165, 1.54) is 0 Å². The number of carbonyl (C=O) groups excluding carboxylic acids is 1. The van der Waals surface area contributed by atoms with Crippen LogP contribution >= 0.6 is 27.7 Å². The van der Waals surface area contributed by atoms with Crippen LogP contribution in [-0.2, 0) is 6.54 Å². The summed E-state index contributed by atoms with van der Waals surface area (Å²) in [4.78, 5) is 13.4. The van der Waals surface area contributed by atoms with Crippen molar-refractivity contribution in [1.82, 2.24) is 4.90 Å². The van der Waals surface area contributed by atoms with Crippen LogP contribution in [-0.4, -0.2) is 28.5 Å². The van der Waals surface area contributed by atoms with E-state index in [4.69, 9.17) is 5.73 Å². The van der Waals surface area contributed by atoms with Gasteiger partial charge in [0.1, 0.15) is 0 Å². The third-order valence-electron chi connectivity index (χ3n) is 3.16.